The molecule has 3 rings (SSSR count). The van der Waals surface area contributed by atoms with Gasteiger partial charge in [0.15, 0.2) is 0 Å². The lowest BCUT2D eigenvalue weighted by molar-refractivity contribution is 0.749. The molecule has 1 aliphatic heterocycles. The largest absolute Gasteiger partial charge is 0.316 e. The Morgan fingerprint density at radius 3 is 2.68 bits per heavy atom. The van der Waals surface area contributed by atoms with E-state index in [-0.39, 0.29) is 0 Å². The van der Waals surface area contributed by atoms with E-state index in [1.165, 1.54) is 34.6 Å². The van der Waals surface area contributed by atoms with Crippen molar-refractivity contribution in [2.45, 2.75) is 33.1 Å². The first-order valence-corrected chi connectivity index (χ1v) is 7.01. The van der Waals surface area contributed by atoms with Gasteiger partial charge in [-0.25, -0.2) is 4.68 Å². The zero-order chi connectivity index (χ0) is 13.4. The molecule has 19 heavy (non-hydrogen) atoms. The van der Waals surface area contributed by atoms with Crippen LogP contribution >= 0.6 is 0 Å². The molecular formula is C16H21N3. The van der Waals surface area contributed by atoms with Crippen molar-refractivity contribution in [3.05, 3.63) is 46.8 Å². The van der Waals surface area contributed by atoms with Crippen LogP contribution in [0, 0.1) is 20.8 Å². The molecule has 0 aliphatic carbocycles. The lowest BCUT2D eigenvalue weighted by atomic mass is 9.96. The normalized spacial score (nSPS) is 19.0. The van der Waals surface area contributed by atoms with Gasteiger partial charge in [-0.1, -0.05) is 18.2 Å². The quantitative estimate of drug-likeness (QED) is 0.894. The maximum atomic E-state index is 4.77. The van der Waals surface area contributed by atoms with Gasteiger partial charge in [-0.05, 0) is 45.4 Å². The minimum Gasteiger partial charge on any atom is -0.316 e. The molecule has 1 atom stereocenters. The number of nitrogens with zero attached hydrogens (tertiary/aromatic N) is 2. The van der Waals surface area contributed by atoms with Gasteiger partial charge in [0.05, 0.1) is 11.4 Å². The second kappa shape index (κ2) is 4.82. The van der Waals surface area contributed by atoms with Gasteiger partial charge < -0.3 is 5.32 Å². The molecule has 1 aromatic heterocycles. The van der Waals surface area contributed by atoms with Gasteiger partial charge in [0.1, 0.15) is 0 Å². The number of para-hydroxylation sites is 1. The van der Waals surface area contributed by atoms with Gasteiger partial charge in [0.2, 0.25) is 0 Å². The van der Waals surface area contributed by atoms with E-state index in [9.17, 15) is 0 Å². The summed E-state index contributed by atoms with van der Waals surface area (Å²) in [5.74, 6) is 0.623. The predicted molar refractivity (Wildman–Crippen MR) is 78.0 cm³/mol. The molecule has 3 heteroatoms. The van der Waals surface area contributed by atoms with E-state index in [0.29, 0.717) is 5.92 Å². The SMILES string of the molecule is Cc1ccccc1-n1nc(C)c(C2CCNC2)c1C. The van der Waals surface area contributed by atoms with Crippen LogP contribution in [0.15, 0.2) is 24.3 Å². The number of aryl methyl sites for hydroxylation is 2. The Labute approximate surface area is 114 Å². The molecule has 1 saturated heterocycles. The van der Waals surface area contributed by atoms with E-state index in [1.807, 2.05) is 0 Å². The lowest BCUT2D eigenvalue weighted by Crippen LogP contribution is -2.09. The monoisotopic (exact) mass is 255 g/mol. The molecule has 0 bridgehead atoms. The minimum absolute atomic E-state index is 0.623. The Bertz CT molecular complexity index is 592. The van der Waals surface area contributed by atoms with Gasteiger partial charge in [0, 0.05) is 23.7 Å². The molecule has 0 saturated carbocycles. The molecule has 1 aromatic carbocycles. The second-order valence-corrected chi connectivity index (χ2v) is 5.47. The smallest absolute Gasteiger partial charge is 0.0678 e. The third kappa shape index (κ3) is 2.08. The Balaban J connectivity index is 2.09. The zero-order valence-corrected chi connectivity index (χ0v) is 11.9. The third-order valence-electron chi connectivity index (χ3n) is 4.16. The van der Waals surface area contributed by atoms with Crippen LogP contribution in [0.1, 0.15) is 34.9 Å². The molecule has 1 fully saturated rings. The van der Waals surface area contributed by atoms with Crippen LogP contribution in [0.25, 0.3) is 5.69 Å². The summed E-state index contributed by atoms with van der Waals surface area (Å²) in [4.78, 5) is 0. The van der Waals surface area contributed by atoms with Crippen molar-refractivity contribution in [3.63, 3.8) is 0 Å². The van der Waals surface area contributed by atoms with Crippen molar-refractivity contribution in [2.75, 3.05) is 13.1 Å². The first-order valence-electron chi connectivity index (χ1n) is 7.01. The predicted octanol–water partition coefficient (Wildman–Crippen LogP) is 2.87. The molecule has 1 aliphatic rings. The standard InChI is InChI=1S/C16H21N3/c1-11-6-4-5-7-15(11)19-13(3)16(12(2)18-19)14-8-9-17-10-14/h4-7,14,17H,8-10H2,1-3H3. The molecule has 2 aromatic rings. The minimum atomic E-state index is 0.623. The average Bonchev–Trinajstić information content (AvgIpc) is 2.99. The first-order chi connectivity index (χ1) is 9.18. The number of rotatable bonds is 2. The molecule has 0 radical (unpaired) electrons. The Hall–Kier alpha value is -1.61. The van der Waals surface area contributed by atoms with Crippen LogP contribution in [-0.2, 0) is 0 Å². The van der Waals surface area contributed by atoms with E-state index in [2.05, 4.69) is 55.0 Å². The fourth-order valence-corrected chi connectivity index (χ4v) is 3.18. The van der Waals surface area contributed by atoms with Crippen molar-refractivity contribution < 1.29 is 0 Å². The molecule has 1 unspecified atom stereocenters. The number of nitrogens with one attached hydrogen (secondary N) is 1. The molecular weight excluding hydrogens is 234 g/mol. The van der Waals surface area contributed by atoms with Crippen LogP contribution in [0.4, 0.5) is 0 Å². The summed E-state index contributed by atoms with van der Waals surface area (Å²) in [6, 6.07) is 8.44. The average molecular weight is 255 g/mol. The highest BCUT2D eigenvalue weighted by molar-refractivity contribution is 5.43. The summed E-state index contributed by atoms with van der Waals surface area (Å²) in [7, 11) is 0. The van der Waals surface area contributed by atoms with Crippen LogP contribution in [-0.4, -0.2) is 22.9 Å². The maximum Gasteiger partial charge on any atom is 0.0678 e. The highest BCUT2D eigenvalue weighted by atomic mass is 15.3. The molecule has 1 N–H and O–H groups in total. The van der Waals surface area contributed by atoms with Gasteiger partial charge in [-0.15, -0.1) is 0 Å². The Morgan fingerprint density at radius 2 is 2.00 bits per heavy atom. The summed E-state index contributed by atoms with van der Waals surface area (Å²) < 4.78 is 2.11. The van der Waals surface area contributed by atoms with Crippen LogP contribution in [0.5, 0.6) is 0 Å². The van der Waals surface area contributed by atoms with E-state index >= 15 is 0 Å². The summed E-state index contributed by atoms with van der Waals surface area (Å²) >= 11 is 0. The lowest BCUT2D eigenvalue weighted by Gasteiger charge is -2.11. The number of benzene rings is 1. The fourth-order valence-electron chi connectivity index (χ4n) is 3.18. The first kappa shape index (κ1) is 12.4. The second-order valence-electron chi connectivity index (χ2n) is 5.47. The van der Waals surface area contributed by atoms with Gasteiger partial charge in [-0.2, -0.15) is 5.10 Å². The van der Waals surface area contributed by atoms with Crippen molar-refractivity contribution in [2.24, 2.45) is 0 Å². The summed E-state index contributed by atoms with van der Waals surface area (Å²) in [5.41, 5.74) is 6.37. The highest BCUT2D eigenvalue weighted by Gasteiger charge is 2.24. The molecule has 0 amide bonds. The molecule has 0 spiro atoms. The van der Waals surface area contributed by atoms with Crippen LogP contribution in [0.3, 0.4) is 0 Å². The van der Waals surface area contributed by atoms with Crippen molar-refractivity contribution in [3.8, 4) is 5.69 Å². The summed E-state index contributed by atoms with van der Waals surface area (Å²) in [5, 5.41) is 8.22. The molecule has 100 valence electrons. The van der Waals surface area contributed by atoms with E-state index in [0.717, 1.165) is 13.1 Å². The number of aromatic nitrogens is 2. The molecule has 2 heterocycles. The topological polar surface area (TPSA) is 29.9 Å². The fraction of sp³-hybridized carbons (Fsp3) is 0.438. The van der Waals surface area contributed by atoms with Crippen LogP contribution < -0.4 is 5.32 Å². The van der Waals surface area contributed by atoms with E-state index < -0.39 is 0 Å². The Kier molecular flexibility index (Phi) is 3.15. The van der Waals surface area contributed by atoms with Crippen LogP contribution in [0.2, 0.25) is 0 Å². The summed E-state index contributed by atoms with van der Waals surface area (Å²) in [6.45, 7) is 8.68. The van der Waals surface area contributed by atoms with Gasteiger partial charge >= 0.3 is 0 Å². The van der Waals surface area contributed by atoms with Crippen molar-refractivity contribution in [1.82, 2.24) is 15.1 Å². The Morgan fingerprint density at radius 1 is 1.21 bits per heavy atom. The van der Waals surface area contributed by atoms with Gasteiger partial charge in [0.25, 0.3) is 0 Å². The zero-order valence-electron chi connectivity index (χ0n) is 11.9. The third-order valence-corrected chi connectivity index (χ3v) is 4.16. The van der Waals surface area contributed by atoms with Gasteiger partial charge in [-0.3, -0.25) is 0 Å². The van der Waals surface area contributed by atoms with Crippen molar-refractivity contribution >= 4 is 0 Å². The van der Waals surface area contributed by atoms with E-state index in [4.69, 9.17) is 5.10 Å². The molecule has 3 nitrogen and oxygen atoms in total. The van der Waals surface area contributed by atoms with Crippen molar-refractivity contribution in [1.29, 1.82) is 0 Å². The number of hydrogen-bond acceptors (Lipinski definition) is 2. The number of hydrogen-bond donors (Lipinski definition) is 1. The highest BCUT2D eigenvalue weighted by Crippen LogP contribution is 2.30. The maximum absolute atomic E-state index is 4.77. The van der Waals surface area contributed by atoms with E-state index in [1.54, 1.807) is 0 Å². The summed E-state index contributed by atoms with van der Waals surface area (Å²) in [6.07, 6.45) is 1.22.